The van der Waals surface area contributed by atoms with Crippen LogP contribution < -0.4 is 5.32 Å². The number of amides is 2. The lowest BCUT2D eigenvalue weighted by molar-refractivity contribution is -0.135. The van der Waals surface area contributed by atoms with Crippen molar-refractivity contribution in [3.8, 4) is 0 Å². The fraction of sp³-hybridized carbons (Fsp3) is 0.571. The van der Waals surface area contributed by atoms with E-state index in [0.717, 1.165) is 37.8 Å². The molecule has 0 aliphatic carbocycles. The van der Waals surface area contributed by atoms with Gasteiger partial charge < -0.3 is 10.2 Å². The number of hydrogen-bond donors (Lipinski definition) is 1. The van der Waals surface area contributed by atoms with Crippen molar-refractivity contribution in [1.82, 2.24) is 30.2 Å². The molecule has 3 rings (SSSR count). The molecule has 0 bridgehead atoms. The molecule has 1 aliphatic rings. The Labute approximate surface area is 171 Å². The Kier molecular flexibility index (Phi) is 7.32. The van der Waals surface area contributed by atoms with Crippen molar-refractivity contribution in [1.29, 1.82) is 0 Å². The summed E-state index contributed by atoms with van der Waals surface area (Å²) in [5.41, 5.74) is 1.41. The second-order valence-electron chi connectivity index (χ2n) is 7.88. The number of piperidine rings is 1. The highest BCUT2D eigenvalue weighted by Gasteiger charge is 2.26. The molecular formula is C21H30N6O2. The quantitative estimate of drug-likeness (QED) is 0.736. The largest absolute Gasteiger partial charge is 0.348 e. The van der Waals surface area contributed by atoms with Crippen molar-refractivity contribution >= 4 is 11.8 Å². The zero-order valence-electron chi connectivity index (χ0n) is 17.3. The number of likely N-dealkylation sites (tertiary alicyclic amines) is 1. The van der Waals surface area contributed by atoms with E-state index in [2.05, 4.69) is 20.6 Å². The average Bonchev–Trinajstić information content (AvgIpc) is 3.20. The van der Waals surface area contributed by atoms with Crippen LogP contribution in [0.25, 0.3) is 0 Å². The van der Waals surface area contributed by atoms with Gasteiger partial charge in [0, 0.05) is 44.0 Å². The normalized spacial score (nSPS) is 16.8. The molecule has 1 saturated heterocycles. The molecule has 8 nitrogen and oxygen atoms in total. The van der Waals surface area contributed by atoms with Crippen LogP contribution in [-0.2, 0) is 17.8 Å². The van der Waals surface area contributed by atoms with Crippen molar-refractivity contribution in [3.05, 3.63) is 42.0 Å². The van der Waals surface area contributed by atoms with E-state index in [1.165, 1.54) is 0 Å². The number of aryl methyl sites for hydroxylation is 2. The molecule has 2 aromatic rings. The van der Waals surface area contributed by atoms with Gasteiger partial charge in [0.05, 0.1) is 6.20 Å². The van der Waals surface area contributed by atoms with E-state index in [1.807, 2.05) is 37.1 Å². The summed E-state index contributed by atoms with van der Waals surface area (Å²) in [5.74, 6) is -0.00901. The first kappa shape index (κ1) is 21.0. The molecule has 0 unspecified atom stereocenters. The third-order valence-corrected chi connectivity index (χ3v) is 5.18. The second-order valence-corrected chi connectivity index (χ2v) is 7.88. The van der Waals surface area contributed by atoms with Crippen molar-refractivity contribution in [2.24, 2.45) is 0 Å². The highest BCUT2D eigenvalue weighted by atomic mass is 16.2. The highest BCUT2D eigenvalue weighted by Crippen LogP contribution is 2.21. The first-order valence-corrected chi connectivity index (χ1v) is 10.4. The topological polar surface area (TPSA) is 93.0 Å². The minimum Gasteiger partial charge on any atom is -0.348 e. The van der Waals surface area contributed by atoms with Gasteiger partial charge in [-0.1, -0.05) is 11.3 Å². The first-order valence-electron chi connectivity index (χ1n) is 10.4. The summed E-state index contributed by atoms with van der Waals surface area (Å²) < 4.78 is 1.70. The number of hydrogen-bond acceptors (Lipinski definition) is 5. The number of carbonyl (C=O) groups is 2. The van der Waals surface area contributed by atoms with Crippen molar-refractivity contribution in [2.75, 3.05) is 6.54 Å². The van der Waals surface area contributed by atoms with Crippen LogP contribution in [0.2, 0.25) is 0 Å². The van der Waals surface area contributed by atoms with Crippen LogP contribution in [0.3, 0.4) is 0 Å². The monoisotopic (exact) mass is 398 g/mol. The van der Waals surface area contributed by atoms with Gasteiger partial charge in [0.2, 0.25) is 5.91 Å². The van der Waals surface area contributed by atoms with Gasteiger partial charge in [0.15, 0.2) is 5.69 Å². The Balaban J connectivity index is 1.52. The standard InChI is InChI=1S/C21H30N6O2/c1-16(2)23-21(29)19-15-26(25-24-19)13-10-18-7-3-4-12-27(18)20(28)9-8-17-6-5-11-22-14-17/h5-6,11,14-16,18H,3-4,7-10,12-13H2,1-2H3,(H,23,29)/t18-/m0/s1. The van der Waals surface area contributed by atoms with Crippen molar-refractivity contribution < 1.29 is 9.59 Å². The number of nitrogens with zero attached hydrogens (tertiary/aromatic N) is 5. The van der Waals surface area contributed by atoms with Crippen LogP contribution in [0.5, 0.6) is 0 Å². The molecule has 1 fully saturated rings. The summed E-state index contributed by atoms with van der Waals surface area (Å²) in [6.45, 7) is 5.27. The zero-order valence-corrected chi connectivity index (χ0v) is 17.3. The lowest BCUT2D eigenvalue weighted by Crippen LogP contribution is -2.44. The molecule has 2 aromatic heterocycles. The van der Waals surface area contributed by atoms with Gasteiger partial charge in [-0.05, 0) is 57.6 Å². The van der Waals surface area contributed by atoms with E-state index < -0.39 is 0 Å². The molecule has 1 aliphatic heterocycles. The second kappa shape index (κ2) is 10.1. The van der Waals surface area contributed by atoms with Gasteiger partial charge in [-0.15, -0.1) is 5.10 Å². The summed E-state index contributed by atoms with van der Waals surface area (Å²) in [6.07, 6.45) is 10.5. The maximum atomic E-state index is 12.8. The first-order chi connectivity index (χ1) is 14.0. The number of nitrogens with one attached hydrogen (secondary N) is 1. The summed E-state index contributed by atoms with van der Waals surface area (Å²) >= 11 is 0. The highest BCUT2D eigenvalue weighted by molar-refractivity contribution is 5.91. The Morgan fingerprint density at radius 2 is 2.17 bits per heavy atom. The average molecular weight is 399 g/mol. The fourth-order valence-corrected chi connectivity index (χ4v) is 3.70. The van der Waals surface area contributed by atoms with Gasteiger partial charge >= 0.3 is 0 Å². The maximum Gasteiger partial charge on any atom is 0.273 e. The van der Waals surface area contributed by atoms with Gasteiger partial charge in [-0.2, -0.15) is 0 Å². The Hall–Kier alpha value is -2.77. The third kappa shape index (κ3) is 6.10. The van der Waals surface area contributed by atoms with Crippen LogP contribution in [0.15, 0.2) is 30.7 Å². The maximum absolute atomic E-state index is 12.8. The van der Waals surface area contributed by atoms with Gasteiger partial charge in [0.1, 0.15) is 0 Å². The number of pyridine rings is 1. The van der Waals surface area contributed by atoms with Crippen molar-refractivity contribution in [2.45, 2.75) is 71.0 Å². The molecular weight excluding hydrogens is 368 g/mol. The SMILES string of the molecule is CC(C)NC(=O)c1cn(CC[C@@H]2CCCCN2C(=O)CCc2cccnc2)nn1. The minimum atomic E-state index is -0.212. The van der Waals surface area contributed by atoms with E-state index >= 15 is 0 Å². The van der Waals surface area contributed by atoms with E-state index in [4.69, 9.17) is 0 Å². The molecule has 1 N–H and O–H groups in total. The van der Waals surface area contributed by atoms with Crippen LogP contribution in [0.1, 0.15) is 62.0 Å². The Bertz CT molecular complexity index is 805. The fourth-order valence-electron chi connectivity index (χ4n) is 3.70. The molecule has 0 aromatic carbocycles. The lowest BCUT2D eigenvalue weighted by atomic mass is 9.98. The van der Waals surface area contributed by atoms with Crippen LogP contribution in [0, 0.1) is 0 Å². The molecule has 8 heteroatoms. The number of aromatic nitrogens is 4. The molecule has 0 radical (unpaired) electrons. The predicted octanol–water partition coefficient (Wildman–Crippen LogP) is 2.22. The Morgan fingerprint density at radius 1 is 1.31 bits per heavy atom. The van der Waals surface area contributed by atoms with Gasteiger partial charge in [-0.3, -0.25) is 19.3 Å². The zero-order chi connectivity index (χ0) is 20.6. The van der Waals surface area contributed by atoms with E-state index in [-0.39, 0.29) is 23.9 Å². The summed E-state index contributed by atoms with van der Waals surface area (Å²) in [7, 11) is 0. The summed E-state index contributed by atoms with van der Waals surface area (Å²) in [4.78, 5) is 31.0. The van der Waals surface area contributed by atoms with E-state index in [0.29, 0.717) is 25.1 Å². The third-order valence-electron chi connectivity index (χ3n) is 5.18. The number of rotatable bonds is 8. The van der Waals surface area contributed by atoms with Crippen LogP contribution in [0.4, 0.5) is 0 Å². The molecule has 2 amide bonds. The smallest absolute Gasteiger partial charge is 0.273 e. The molecule has 29 heavy (non-hydrogen) atoms. The van der Waals surface area contributed by atoms with Gasteiger partial charge in [0.25, 0.3) is 5.91 Å². The lowest BCUT2D eigenvalue weighted by Gasteiger charge is -2.36. The van der Waals surface area contributed by atoms with Crippen LogP contribution in [-0.4, -0.2) is 55.3 Å². The molecule has 156 valence electrons. The van der Waals surface area contributed by atoms with Gasteiger partial charge in [-0.25, -0.2) is 0 Å². The minimum absolute atomic E-state index is 0.0566. The predicted molar refractivity (Wildman–Crippen MR) is 109 cm³/mol. The molecule has 0 spiro atoms. The summed E-state index contributed by atoms with van der Waals surface area (Å²) in [5, 5.41) is 10.9. The van der Waals surface area contributed by atoms with Crippen LogP contribution >= 0.6 is 0 Å². The summed E-state index contributed by atoms with van der Waals surface area (Å²) in [6, 6.07) is 4.17. The molecule has 1 atom stereocenters. The van der Waals surface area contributed by atoms with E-state index in [1.54, 1.807) is 17.1 Å². The molecule has 3 heterocycles. The number of carbonyl (C=O) groups excluding carboxylic acids is 2. The Morgan fingerprint density at radius 3 is 2.93 bits per heavy atom. The van der Waals surface area contributed by atoms with Crippen molar-refractivity contribution in [3.63, 3.8) is 0 Å². The molecule has 0 saturated carbocycles. The van der Waals surface area contributed by atoms with E-state index in [9.17, 15) is 9.59 Å².